The Bertz CT molecular complexity index is 484. The highest BCUT2D eigenvalue weighted by atomic mass is 16.5. The number of allylic oxidation sites excluding steroid dienone is 1. The second-order valence-electron chi connectivity index (χ2n) is 5.56. The van der Waals surface area contributed by atoms with Gasteiger partial charge in [-0.3, -0.25) is 4.79 Å². The van der Waals surface area contributed by atoms with Crippen LogP contribution in [0.3, 0.4) is 0 Å². The smallest absolute Gasteiger partial charge is 0.307 e. The summed E-state index contributed by atoms with van der Waals surface area (Å²) in [6.45, 7) is 6.01. The summed E-state index contributed by atoms with van der Waals surface area (Å²) in [4.78, 5) is 10.6. The van der Waals surface area contributed by atoms with Gasteiger partial charge in [0, 0.05) is 6.92 Å². The van der Waals surface area contributed by atoms with Crippen LogP contribution >= 0.6 is 0 Å². The first kappa shape index (κ1) is 12.9. The van der Waals surface area contributed by atoms with Crippen LogP contribution in [0.25, 0.3) is 0 Å². The van der Waals surface area contributed by atoms with E-state index >= 15 is 0 Å². The summed E-state index contributed by atoms with van der Waals surface area (Å²) in [5.74, 6) is -0.276. The van der Waals surface area contributed by atoms with Crippen LogP contribution in [0.5, 0.6) is 0 Å². The van der Waals surface area contributed by atoms with Crippen molar-refractivity contribution in [2.45, 2.75) is 45.4 Å². The van der Waals surface area contributed by atoms with Gasteiger partial charge in [-0.1, -0.05) is 32.0 Å². The van der Waals surface area contributed by atoms with Gasteiger partial charge in [0.15, 0.2) is 0 Å². The van der Waals surface area contributed by atoms with Crippen LogP contribution in [0, 0.1) is 0 Å². The van der Waals surface area contributed by atoms with Crippen molar-refractivity contribution in [1.82, 2.24) is 0 Å². The van der Waals surface area contributed by atoms with Crippen LogP contribution in [-0.4, -0.2) is 5.97 Å². The third-order valence-corrected chi connectivity index (χ3v) is 3.60. The predicted octanol–water partition coefficient (Wildman–Crippen LogP) is 3.53. The van der Waals surface area contributed by atoms with Gasteiger partial charge >= 0.3 is 5.97 Å². The fourth-order valence-corrected chi connectivity index (χ4v) is 2.55. The standard InChI is InChI=1S/C16H20O2/c1-12(17)18-10-4-5-13-6-7-15-14(11-13)8-9-16(15,2)3/h4,6-7,10-11H,5,8-9H2,1-3H3. The van der Waals surface area contributed by atoms with Crippen molar-refractivity contribution >= 4 is 5.97 Å². The van der Waals surface area contributed by atoms with E-state index in [1.165, 1.54) is 42.7 Å². The average molecular weight is 244 g/mol. The molecule has 0 saturated heterocycles. The number of ether oxygens (including phenoxy) is 1. The number of benzene rings is 1. The van der Waals surface area contributed by atoms with Crippen LogP contribution < -0.4 is 0 Å². The van der Waals surface area contributed by atoms with Gasteiger partial charge in [0.2, 0.25) is 0 Å². The maximum absolute atomic E-state index is 10.6. The Morgan fingerprint density at radius 3 is 2.94 bits per heavy atom. The number of hydrogen-bond donors (Lipinski definition) is 0. The van der Waals surface area contributed by atoms with E-state index in [4.69, 9.17) is 4.74 Å². The zero-order valence-corrected chi connectivity index (χ0v) is 11.3. The number of aryl methyl sites for hydroxylation is 1. The first-order valence-electron chi connectivity index (χ1n) is 6.43. The van der Waals surface area contributed by atoms with Gasteiger partial charge in [0.05, 0.1) is 6.26 Å². The van der Waals surface area contributed by atoms with E-state index < -0.39 is 0 Å². The van der Waals surface area contributed by atoms with Crippen molar-refractivity contribution < 1.29 is 9.53 Å². The molecular formula is C16H20O2. The van der Waals surface area contributed by atoms with Crippen molar-refractivity contribution in [3.8, 4) is 0 Å². The minimum Gasteiger partial charge on any atom is -0.435 e. The Morgan fingerprint density at radius 2 is 2.22 bits per heavy atom. The molecule has 0 aromatic heterocycles. The van der Waals surface area contributed by atoms with Crippen LogP contribution in [-0.2, 0) is 27.8 Å². The fraction of sp³-hybridized carbons (Fsp3) is 0.438. The molecule has 0 spiro atoms. The van der Waals surface area contributed by atoms with Gasteiger partial charge < -0.3 is 4.74 Å². The lowest BCUT2D eigenvalue weighted by molar-refractivity contribution is -0.135. The number of carbonyl (C=O) groups is 1. The highest BCUT2D eigenvalue weighted by molar-refractivity contribution is 5.66. The lowest BCUT2D eigenvalue weighted by atomic mass is 9.86. The molecule has 18 heavy (non-hydrogen) atoms. The fourth-order valence-electron chi connectivity index (χ4n) is 2.55. The Kier molecular flexibility index (Phi) is 3.55. The third kappa shape index (κ3) is 2.81. The molecule has 0 radical (unpaired) electrons. The zero-order chi connectivity index (χ0) is 13.2. The van der Waals surface area contributed by atoms with Crippen molar-refractivity contribution in [2.24, 2.45) is 0 Å². The SMILES string of the molecule is CC(=O)OC=CCc1ccc2c(c1)CCC2(C)C. The number of fused-ring (bicyclic) bond motifs is 1. The molecule has 2 nitrogen and oxygen atoms in total. The summed E-state index contributed by atoms with van der Waals surface area (Å²) in [7, 11) is 0. The molecule has 0 bridgehead atoms. The first-order valence-corrected chi connectivity index (χ1v) is 6.43. The van der Waals surface area contributed by atoms with Gasteiger partial charge in [-0.2, -0.15) is 0 Å². The number of hydrogen-bond acceptors (Lipinski definition) is 2. The Labute approximate surface area is 109 Å². The topological polar surface area (TPSA) is 26.3 Å². The number of carbonyl (C=O) groups excluding carboxylic acids is 1. The molecule has 0 aliphatic heterocycles. The van der Waals surface area contributed by atoms with E-state index in [1.54, 1.807) is 0 Å². The minimum atomic E-state index is -0.276. The summed E-state index contributed by atoms with van der Waals surface area (Å²) in [5, 5.41) is 0. The van der Waals surface area contributed by atoms with E-state index in [0.717, 1.165) is 6.42 Å². The molecule has 0 saturated carbocycles. The summed E-state index contributed by atoms with van der Waals surface area (Å²) < 4.78 is 4.77. The van der Waals surface area contributed by atoms with Crippen LogP contribution in [0.1, 0.15) is 43.9 Å². The first-order chi connectivity index (χ1) is 8.49. The van der Waals surface area contributed by atoms with E-state index in [1.807, 2.05) is 6.08 Å². The number of esters is 1. The molecule has 0 amide bonds. The molecule has 0 atom stereocenters. The maximum Gasteiger partial charge on any atom is 0.307 e. The quantitative estimate of drug-likeness (QED) is 0.600. The Balaban J connectivity index is 2.05. The van der Waals surface area contributed by atoms with Crippen molar-refractivity contribution in [3.63, 3.8) is 0 Å². The van der Waals surface area contributed by atoms with E-state index in [0.29, 0.717) is 5.41 Å². The summed E-state index contributed by atoms with van der Waals surface area (Å²) in [6.07, 6.45) is 6.56. The second-order valence-corrected chi connectivity index (χ2v) is 5.56. The highest BCUT2D eigenvalue weighted by Crippen LogP contribution is 2.38. The molecular weight excluding hydrogens is 224 g/mol. The van der Waals surface area contributed by atoms with Gasteiger partial charge in [-0.05, 0) is 47.4 Å². The molecule has 1 aliphatic rings. The molecule has 2 rings (SSSR count). The van der Waals surface area contributed by atoms with Gasteiger partial charge in [0.25, 0.3) is 0 Å². The van der Waals surface area contributed by atoms with E-state index in [9.17, 15) is 4.79 Å². The third-order valence-electron chi connectivity index (χ3n) is 3.60. The van der Waals surface area contributed by atoms with E-state index in [-0.39, 0.29) is 5.97 Å². The normalized spacial score (nSPS) is 16.8. The van der Waals surface area contributed by atoms with Gasteiger partial charge in [-0.25, -0.2) is 0 Å². The molecule has 0 unspecified atom stereocenters. The minimum absolute atomic E-state index is 0.276. The largest absolute Gasteiger partial charge is 0.435 e. The van der Waals surface area contributed by atoms with Crippen LogP contribution in [0.4, 0.5) is 0 Å². The molecule has 0 N–H and O–H groups in total. The van der Waals surface area contributed by atoms with Crippen molar-refractivity contribution in [2.75, 3.05) is 0 Å². The molecule has 1 aromatic rings. The molecule has 0 heterocycles. The maximum atomic E-state index is 10.6. The molecule has 96 valence electrons. The zero-order valence-electron chi connectivity index (χ0n) is 11.3. The Morgan fingerprint density at radius 1 is 1.44 bits per heavy atom. The monoisotopic (exact) mass is 244 g/mol. The summed E-state index contributed by atoms with van der Waals surface area (Å²) in [6, 6.07) is 6.70. The van der Waals surface area contributed by atoms with Gasteiger partial charge in [0.1, 0.15) is 0 Å². The van der Waals surface area contributed by atoms with Crippen LogP contribution in [0.2, 0.25) is 0 Å². The Hall–Kier alpha value is -1.57. The van der Waals surface area contributed by atoms with Crippen LogP contribution in [0.15, 0.2) is 30.5 Å². The molecule has 1 aliphatic carbocycles. The van der Waals surface area contributed by atoms with Crippen molar-refractivity contribution in [1.29, 1.82) is 0 Å². The van der Waals surface area contributed by atoms with E-state index in [2.05, 4.69) is 32.0 Å². The molecule has 2 heteroatoms. The summed E-state index contributed by atoms with van der Waals surface area (Å²) >= 11 is 0. The number of rotatable bonds is 3. The summed E-state index contributed by atoms with van der Waals surface area (Å²) in [5.41, 5.74) is 4.55. The predicted molar refractivity (Wildman–Crippen MR) is 72.4 cm³/mol. The average Bonchev–Trinajstić information content (AvgIpc) is 2.61. The lowest BCUT2D eigenvalue weighted by Gasteiger charge is -2.18. The molecule has 0 fully saturated rings. The highest BCUT2D eigenvalue weighted by Gasteiger charge is 2.29. The lowest BCUT2D eigenvalue weighted by Crippen LogP contribution is -2.11. The second kappa shape index (κ2) is 4.97. The molecule has 1 aromatic carbocycles. The van der Waals surface area contributed by atoms with Gasteiger partial charge in [-0.15, -0.1) is 0 Å². The van der Waals surface area contributed by atoms with Crippen molar-refractivity contribution in [3.05, 3.63) is 47.2 Å².